The minimum atomic E-state index is -0.131. The molecular weight excluding hydrogens is 213 g/mol. The Kier molecular flexibility index (Phi) is 4.55. The molecule has 0 aromatic heterocycles. The predicted octanol–water partition coefficient (Wildman–Crippen LogP) is 3.54. The van der Waals surface area contributed by atoms with E-state index in [2.05, 4.69) is 12.2 Å². The Bertz CT molecular complexity index is 351. The van der Waals surface area contributed by atoms with Gasteiger partial charge in [0.1, 0.15) is 5.82 Å². The van der Waals surface area contributed by atoms with Crippen molar-refractivity contribution in [3.05, 3.63) is 35.6 Å². The molecule has 1 aromatic carbocycles. The van der Waals surface area contributed by atoms with Crippen LogP contribution in [0.25, 0.3) is 0 Å². The van der Waals surface area contributed by atoms with Crippen LogP contribution >= 0.6 is 0 Å². The second kappa shape index (κ2) is 6.15. The second-order valence-corrected chi connectivity index (χ2v) is 5.30. The number of halogens is 1. The van der Waals surface area contributed by atoms with Crippen LogP contribution < -0.4 is 5.32 Å². The van der Waals surface area contributed by atoms with E-state index in [1.54, 1.807) is 12.1 Å². The molecule has 1 aromatic rings. The Morgan fingerprint density at radius 3 is 3.00 bits per heavy atom. The van der Waals surface area contributed by atoms with Crippen LogP contribution in [-0.2, 0) is 6.42 Å². The van der Waals surface area contributed by atoms with E-state index in [4.69, 9.17) is 0 Å². The lowest BCUT2D eigenvalue weighted by Crippen LogP contribution is -2.34. The van der Waals surface area contributed by atoms with Crippen molar-refractivity contribution < 1.29 is 4.39 Å². The third-order valence-electron chi connectivity index (χ3n) is 3.67. The topological polar surface area (TPSA) is 12.0 Å². The highest BCUT2D eigenvalue weighted by atomic mass is 19.1. The van der Waals surface area contributed by atoms with Gasteiger partial charge in [0.2, 0.25) is 0 Å². The fraction of sp³-hybridized carbons (Fsp3) is 0.600. The molecule has 0 bridgehead atoms. The van der Waals surface area contributed by atoms with E-state index in [0.29, 0.717) is 6.04 Å². The minimum absolute atomic E-state index is 0.131. The summed E-state index contributed by atoms with van der Waals surface area (Å²) in [7, 11) is 0. The first kappa shape index (κ1) is 12.6. The average molecular weight is 235 g/mol. The van der Waals surface area contributed by atoms with Crippen LogP contribution in [-0.4, -0.2) is 12.6 Å². The van der Waals surface area contributed by atoms with Gasteiger partial charge in [0.25, 0.3) is 0 Å². The number of rotatable bonds is 4. The van der Waals surface area contributed by atoms with Gasteiger partial charge in [-0.15, -0.1) is 0 Å². The summed E-state index contributed by atoms with van der Waals surface area (Å²) in [5.74, 6) is 0.726. The maximum absolute atomic E-state index is 13.0. The van der Waals surface area contributed by atoms with E-state index < -0.39 is 0 Å². The zero-order valence-electron chi connectivity index (χ0n) is 10.6. The predicted molar refractivity (Wildman–Crippen MR) is 69.5 cm³/mol. The van der Waals surface area contributed by atoms with Crippen molar-refractivity contribution in [2.45, 2.75) is 45.1 Å². The summed E-state index contributed by atoms with van der Waals surface area (Å²) >= 11 is 0. The van der Waals surface area contributed by atoms with E-state index in [0.717, 1.165) is 24.4 Å². The third kappa shape index (κ3) is 4.12. The first-order valence-corrected chi connectivity index (χ1v) is 6.72. The molecule has 2 rings (SSSR count). The lowest BCUT2D eigenvalue weighted by atomic mass is 9.87. The molecule has 2 unspecified atom stereocenters. The summed E-state index contributed by atoms with van der Waals surface area (Å²) in [5.41, 5.74) is 1.08. The van der Waals surface area contributed by atoms with Gasteiger partial charge in [-0.2, -0.15) is 0 Å². The van der Waals surface area contributed by atoms with E-state index in [-0.39, 0.29) is 5.82 Å². The Balaban J connectivity index is 1.72. The Hall–Kier alpha value is -0.890. The lowest BCUT2D eigenvalue weighted by molar-refractivity contribution is 0.303. The van der Waals surface area contributed by atoms with Crippen molar-refractivity contribution in [1.29, 1.82) is 0 Å². The summed E-state index contributed by atoms with van der Waals surface area (Å²) < 4.78 is 13.0. The van der Waals surface area contributed by atoms with Crippen LogP contribution in [0.15, 0.2) is 24.3 Å². The molecule has 2 atom stereocenters. The number of hydrogen-bond donors (Lipinski definition) is 1. The van der Waals surface area contributed by atoms with Crippen LogP contribution in [0, 0.1) is 11.7 Å². The number of nitrogens with one attached hydrogen (secondary N) is 1. The SMILES string of the molecule is CC1CCCC(NCCc2cccc(F)c2)C1. The molecule has 1 saturated carbocycles. The average Bonchev–Trinajstić information content (AvgIpc) is 2.29. The van der Waals surface area contributed by atoms with Gasteiger partial charge in [-0.05, 0) is 49.4 Å². The Morgan fingerprint density at radius 2 is 2.24 bits per heavy atom. The summed E-state index contributed by atoms with van der Waals surface area (Å²) in [6, 6.07) is 7.58. The third-order valence-corrected chi connectivity index (χ3v) is 3.67. The molecule has 0 saturated heterocycles. The van der Waals surface area contributed by atoms with Crippen molar-refractivity contribution in [2.24, 2.45) is 5.92 Å². The van der Waals surface area contributed by atoms with Crippen molar-refractivity contribution in [3.8, 4) is 0 Å². The maximum Gasteiger partial charge on any atom is 0.123 e. The lowest BCUT2D eigenvalue weighted by Gasteiger charge is -2.27. The Morgan fingerprint density at radius 1 is 1.35 bits per heavy atom. The second-order valence-electron chi connectivity index (χ2n) is 5.30. The molecule has 17 heavy (non-hydrogen) atoms. The highest BCUT2D eigenvalue weighted by Crippen LogP contribution is 2.23. The molecule has 2 heteroatoms. The van der Waals surface area contributed by atoms with Crippen LogP contribution in [0.4, 0.5) is 4.39 Å². The van der Waals surface area contributed by atoms with Gasteiger partial charge in [-0.1, -0.05) is 31.9 Å². The molecule has 1 nitrogen and oxygen atoms in total. The molecule has 94 valence electrons. The van der Waals surface area contributed by atoms with Gasteiger partial charge < -0.3 is 5.32 Å². The summed E-state index contributed by atoms with van der Waals surface area (Å²) in [5, 5.41) is 3.60. The minimum Gasteiger partial charge on any atom is -0.314 e. The molecule has 0 aliphatic heterocycles. The molecular formula is C15H22FN. The van der Waals surface area contributed by atoms with Crippen molar-refractivity contribution in [3.63, 3.8) is 0 Å². The first-order chi connectivity index (χ1) is 8.24. The van der Waals surface area contributed by atoms with Crippen molar-refractivity contribution in [1.82, 2.24) is 5.32 Å². The molecule has 1 fully saturated rings. The van der Waals surface area contributed by atoms with Gasteiger partial charge in [-0.25, -0.2) is 4.39 Å². The standard InChI is InChI=1S/C15H22FN/c1-12-4-2-7-15(10-12)17-9-8-13-5-3-6-14(16)11-13/h3,5-6,11-12,15,17H,2,4,7-10H2,1H3. The highest BCUT2D eigenvalue weighted by molar-refractivity contribution is 5.16. The van der Waals surface area contributed by atoms with E-state index in [1.165, 1.54) is 31.7 Å². The molecule has 1 aliphatic carbocycles. The molecule has 0 amide bonds. The largest absolute Gasteiger partial charge is 0.314 e. The zero-order chi connectivity index (χ0) is 12.1. The highest BCUT2D eigenvalue weighted by Gasteiger charge is 2.17. The van der Waals surface area contributed by atoms with Gasteiger partial charge in [0, 0.05) is 6.04 Å². The van der Waals surface area contributed by atoms with Gasteiger partial charge in [0.05, 0.1) is 0 Å². The monoisotopic (exact) mass is 235 g/mol. The van der Waals surface area contributed by atoms with Gasteiger partial charge >= 0.3 is 0 Å². The van der Waals surface area contributed by atoms with Crippen LogP contribution in [0.5, 0.6) is 0 Å². The van der Waals surface area contributed by atoms with E-state index in [9.17, 15) is 4.39 Å². The van der Waals surface area contributed by atoms with Crippen LogP contribution in [0.2, 0.25) is 0 Å². The van der Waals surface area contributed by atoms with E-state index in [1.807, 2.05) is 6.07 Å². The van der Waals surface area contributed by atoms with Gasteiger partial charge in [-0.3, -0.25) is 0 Å². The van der Waals surface area contributed by atoms with E-state index >= 15 is 0 Å². The quantitative estimate of drug-likeness (QED) is 0.841. The molecule has 0 radical (unpaired) electrons. The summed E-state index contributed by atoms with van der Waals surface area (Å²) in [6.07, 6.45) is 6.24. The molecule has 1 N–H and O–H groups in total. The number of benzene rings is 1. The van der Waals surface area contributed by atoms with Crippen LogP contribution in [0.3, 0.4) is 0 Å². The maximum atomic E-state index is 13.0. The molecule has 0 spiro atoms. The zero-order valence-corrected chi connectivity index (χ0v) is 10.6. The Labute approximate surface area is 103 Å². The van der Waals surface area contributed by atoms with Crippen molar-refractivity contribution in [2.75, 3.05) is 6.54 Å². The van der Waals surface area contributed by atoms with Gasteiger partial charge in [0.15, 0.2) is 0 Å². The molecule has 0 heterocycles. The normalized spacial score (nSPS) is 24.8. The fourth-order valence-electron chi connectivity index (χ4n) is 2.73. The van der Waals surface area contributed by atoms with Crippen molar-refractivity contribution >= 4 is 0 Å². The molecule has 1 aliphatic rings. The summed E-state index contributed by atoms with van der Waals surface area (Å²) in [4.78, 5) is 0. The smallest absolute Gasteiger partial charge is 0.123 e. The number of hydrogen-bond acceptors (Lipinski definition) is 1. The fourth-order valence-corrected chi connectivity index (χ4v) is 2.73. The van der Waals surface area contributed by atoms with Crippen LogP contribution in [0.1, 0.15) is 38.2 Å². The first-order valence-electron chi connectivity index (χ1n) is 6.72. The summed E-state index contributed by atoms with van der Waals surface area (Å²) in [6.45, 7) is 3.29.